The van der Waals surface area contributed by atoms with Crippen LogP contribution in [-0.2, 0) is 24.3 Å². The second kappa shape index (κ2) is 8.51. The van der Waals surface area contributed by atoms with Crippen molar-refractivity contribution in [1.82, 2.24) is 19.9 Å². The van der Waals surface area contributed by atoms with Crippen molar-refractivity contribution in [3.8, 4) is 11.4 Å². The van der Waals surface area contributed by atoms with E-state index >= 15 is 0 Å². The molecule has 2 aromatic carbocycles. The zero-order chi connectivity index (χ0) is 22.1. The number of benzene rings is 2. The SMILES string of the molecule is O=C([C@@H]1Cc2ccccc2CN1Cc1nc(-c2ccc([N+](=O)[O-])cc2)no1)N1CCCC1. The number of carbonyl (C=O) groups excluding carboxylic acids is 1. The van der Waals surface area contributed by atoms with Gasteiger partial charge >= 0.3 is 0 Å². The molecule has 0 N–H and O–H groups in total. The molecule has 0 spiro atoms. The van der Waals surface area contributed by atoms with Crippen LogP contribution in [0.1, 0.15) is 29.9 Å². The van der Waals surface area contributed by atoms with Crippen molar-refractivity contribution in [3.05, 3.63) is 75.7 Å². The number of carbonyl (C=O) groups is 1. The van der Waals surface area contributed by atoms with Crippen LogP contribution in [0.4, 0.5) is 5.69 Å². The normalized spacial score (nSPS) is 18.5. The molecule has 2 aliphatic rings. The predicted octanol–water partition coefficient (Wildman–Crippen LogP) is 3.19. The Morgan fingerprint density at radius 2 is 1.81 bits per heavy atom. The summed E-state index contributed by atoms with van der Waals surface area (Å²) in [6, 6.07) is 14.0. The first-order valence-electron chi connectivity index (χ1n) is 10.8. The van der Waals surface area contributed by atoms with Gasteiger partial charge in [-0.1, -0.05) is 29.4 Å². The first-order chi connectivity index (χ1) is 15.6. The highest BCUT2D eigenvalue weighted by molar-refractivity contribution is 5.83. The van der Waals surface area contributed by atoms with Gasteiger partial charge in [-0.05, 0) is 42.5 Å². The molecule has 0 unspecified atom stereocenters. The fraction of sp³-hybridized carbons (Fsp3) is 0.348. The Morgan fingerprint density at radius 3 is 2.53 bits per heavy atom. The van der Waals surface area contributed by atoms with Crippen LogP contribution in [0.25, 0.3) is 11.4 Å². The second-order valence-electron chi connectivity index (χ2n) is 8.24. The largest absolute Gasteiger partial charge is 0.341 e. The van der Waals surface area contributed by atoms with Crippen LogP contribution in [0.3, 0.4) is 0 Å². The third-order valence-corrected chi connectivity index (χ3v) is 6.19. The van der Waals surface area contributed by atoms with Crippen LogP contribution < -0.4 is 0 Å². The summed E-state index contributed by atoms with van der Waals surface area (Å²) in [5, 5.41) is 14.9. The van der Waals surface area contributed by atoms with Gasteiger partial charge in [-0.2, -0.15) is 4.98 Å². The molecule has 32 heavy (non-hydrogen) atoms. The van der Waals surface area contributed by atoms with Crippen molar-refractivity contribution in [2.45, 2.75) is 38.4 Å². The van der Waals surface area contributed by atoms with Crippen LogP contribution in [0, 0.1) is 10.1 Å². The molecule has 3 heterocycles. The van der Waals surface area contributed by atoms with Gasteiger partial charge in [-0.25, -0.2) is 0 Å². The van der Waals surface area contributed by atoms with Crippen molar-refractivity contribution in [3.63, 3.8) is 0 Å². The smallest absolute Gasteiger partial charge is 0.269 e. The van der Waals surface area contributed by atoms with Gasteiger partial charge in [0.25, 0.3) is 5.69 Å². The minimum Gasteiger partial charge on any atom is -0.341 e. The Bertz CT molecular complexity index is 1140. The monoisotopic (exact) mass is 433 g/mol. The Labute approximate surface area is 184 Å². The summed E-state index contributed by atoms with van der Waals surface area (Å²) in [4.78, 5) is 32.3. The second-order valence-corrected chi connectivity index (χ2v) is 8.24. The van der Waals surface area contributed by atoms with Gasteiger partial charge in [0.2, 0.25) is 17.6 Å². The van der Waals surface area contributed by atoms with Crippen LogP contribution in [-0.4, -0.2) is 49.9 Å². The van der Waals surface area contributed by atoms with E-state index in [0.717, 1.165) is 25.9 Å². The van der Waals surface area contributed by atoms with E-state index in [1.165, 1.54) is 23.3 Å². The Hall–Kier alpha value is -3.59. The molecule has 1 saturated heterocycles. The van der Waals surface area contributed by atoms with E-state index < -0.39 is 4.92 Å². The van der Waals surface area contributed by atoms with Crippen molar-refractivity contribution in [1.29, 1.82) is 0 Å². The lowest BCUT2D eigenvalue weighted by atomic mass is 9.93. The molecule has 0 bridgehead atoms. The fourth-order valence-electron chi connectivity index (χ4n) is 4.48. The molecule has 0 aliphatic carbocycles. The van der Waals surface area contributed by atoms with E-state index in [1.54, 1.807) is 12.1 Å². The van der Waals surface area contributed by atoms with Gasteiger partial charge < -0.3 is 9.42 Å². The lowest BCUT2D eigenvalue weighted by molar-refractivity contribution is -0.384. The number of nitro benzene ring substituents is 1. The van der Waals surface area contributed by atoms with E-state index in [0.29, 0.717) is 36.8 Å². The number of likely N-dealkylation sites (tertiary alicyclic amines) is 1. The summed E-state index contributed by atoms with van der Waals surface area (Å²) in [5.41, 5.74) is 3.05. The number of nitrogens with zero attached hydrogens (tertiary/aromatic N) is 5. The maximum atomic E-state index is 13.3. The van der Waals surface area contributed by atoms with Gasteiger partial charge in [0, 0.05) is 37.3 Å². The number of amides is 1. The van der Waals surface area contributed by atoms with E-state index in [1.807, 2.05) is 17.0 Å². The molecular formula is C23H23N5O4. The van der Waals surface area contributed by atoms with Crippen LogP contribution >= 0.6 is 0 Å². The molecule has 1 aromatic heterocycles. The van der Waals surface area contributed by atoms with Gasteiger partial charge in [0.1, 0.15) is 0 Å². The summed E-state index contributed by atoms with van der Waals surface area (Å²) >= 11 is 0. The van der Waals surface area contributed by atoms with Gasteiger partial charge in [0.05, 0.1) is 17.5 Å². The van der Waals surface area contributed by atoms with Crippen molar-refractivity contribution in [2.24, 2.45) is 0 Å². The topological polar surface area (TPSA) is 106 Å². The zero-order valence-electron chi connectivity index (χ0n) is 17.5. The van der Waals surface area contributed by atoms with Crippen molar-refractivity contribution < 1.29 is 14.2 Å². The van der Waals surface area contributed by atoms with Crippen molar-refractivity contribution >= 4 is 11.6 Å². The summed E-state index contributed by atoms with van der Waals surface area (Å²) < 4.78 is 5.48. The molecule has 0 radical (unpaired) electrons. The standard InChI is InChI=1S/C23H23N5O4/c29-23(26-11-3-4-12-26)20-13-17-5-1-2-6-18(17)14-27(20)15-21-24-22(25-32-21)16-7-9-19(10-8-16)28(30)31/h1-2,5-10,20H,3-4,11-15H2/t20-/m0/s1. The lowest BCUT2D eigenvalue weighted by Gasteiger charge is -2.37. The number of aromatic nitrogens is 2. The third kappa shape index (κ3) is 3.99. The summed E-state index contributed by atoms with van der Waals surface area (Å²) in [6.45, 7) is 2.62. The molecule has 3 aromatic rings. The van der Waals surface area contributed by atoms with Crippen molar-refractivity contribution in [2.75, 3.05) is 13.1 Å². The van der Waals surface area contributed by atoms with E-state index in [-0.39, 0.29) is 17.6 Å². The number of rotatable bonds is 5. The average Bonchev–Trinajstić information content (AvgIpc) is 3.51. The van der Waals surface area contributed by atoms with E-state index in [2.05, 4.69) is 27.2 Å². The highest BCUT2D eigenvalue weighted by Gasteiger charge is 2.35. The van der Waals surface area contributed by atoms with Gasteiger partial charge in [-0.15, -0.1) is 0 Å². The first kappa shape index (κ1) is 20.3. The molecule has 1 amide bonds. The lowest BCUT2D eigenvalue weighted by Crippen LogP contribution is -2.50. The zero-order valence-corrected chi connectivity index (χ0v) is 17.5. The average molecular weight is 433 g/mol. The molecule has 1 fully saturated rings. The highest BCUT2D eigenvalue weighted by Crippen LogP contribution is 2.27. The van der Waals surface area contributed by atoms with E-state index in [4.69, 9.17) is 4.52 Å². The molecule has 9 heteroatoms. The third-order valence-electron chi connectivity index (χ3n) is 6.19. The molecule has 164 valence electrons. The predicted molar refractivity (Wildman–Crippen MR) is 115 cm³/mol. The number of hydrogen-bond acceptors (Lipinski definition) is 7. The Balaban J connectivity index is 1.37. The maximum Gasteiger partial charge on any atom is 0.269 e. The molecule has 1 atom stereocenters. The quantitative estimate of drug-likeness (QED) is 0.449. The first-order valence-corrected chi connectivity index (χ1v) is 10.8. The number of nitro groups is 1. The van der Waals surface area contributed by atoms with E-state index in [9.17, 15) is 14.9 Å². The minimum absolute atomic E-state index is 0.00715. The van der Waals surface area contributed by atoms with Gasteiger partial charge in [0.15, 0.2) is 0 Å². The molecule has 9 nitrogen and oxygen atoms in total. The number of hydrogen-bond donors (Lipinski definition) is 0. The number of non-ortho nitro benzene ring substituents is 1. The highest BCUT2D eigenvalue weighted by atomic mass is 16.6. The molecule has 5 rings (SSSR count). The fourth-order valence-corrected chi connectivity index (χ4v) is 4.48. The number of fused-ring (bicyclic) bond motifs is 1. The van der Waals surface area contributed by atoms with Crippen LogP contribution in [0.2, 0.25) is 0 Å². The van der Waals surface area contributed by atoms with Gasteiger partial charge in [-0.3, -0.25) is 19.8 Å². The Kier molecular flexibility index (Phi) is 5.40. The summed E-state index contributed by atoms with van der Waals surface area (Å²) in [5.74, 6) is 0.943. The van der Waals surface area contributed by atoms with Crippen LogP contribution in [0.5, 0.6) is 0 Å². The molecule has 2 aliphatic heterocycles. The maximum absolute atomic E-state index is 13.3. The molecule has 0 saturated carbocycles. The minimum atomic E-state index is -0.447. The Morgan fingerprint density at radius 1 is 1.09 bits per heavy atom. The molecular weight excluding hydrogens is 410 g/mol. The summed E-state index contributed by atoms with van der Waals surface area (Å²) in [7, 11) is 0. The van der Waals surface area contributed by atoms with Crippen LogP contribution in [0.15, 0.2) is 53.1 Å². The summed E-state index contributed by atoms with van der Waals surface area (Å²) in [6.07, 6.45) is 2.77.